The predicted octanol–water partition coefficient (Wildman–Crippen LogP) is 2.51. The lowest BCUT2D eigenvalue weighted by atomic mass is 9.79. The SMILES string of the molecule is OB(O)c1ccc2oc3cccc(-c4cccc5oc6ccc(B(O)O)cc6c45)c3c2c1. The van der Waals surface area contributed by atoms with Crippen LogP contribution < -0.4 is 10.9 Å². The third-order valence-corrected chi connectivity index (χ3v) is 5.92. The first-order valence-electron chi connectivity index (χ1n) is 10.1. The zero-order valence-corrected chi connectivity index (χ0v) is 16.7. The van der Waals surface area contributed by atoms with Crippen molar-refractivity contribution in [2.75, 3.05) is 0 Å². The Morgan fingerprint density at radius 3 is 1.34 bits per heavy atom. The van der Waals surface area contributed by atoms with Gasteiger partial charge in [0.05, 0.1) is 0 Å². The third-order valence-electron chi connectivity index (χ3n) is 5.92. The Hall–Kier alpha value is -3.55. The molecular weight excluding hydrogens is 406 g/mol. The van der Waals surface area contributed by atoms with Gasteiger partial charge in [0.15, 0.2) is 0 Å². The fourth-order valence-corrected chi connectivity index (χ4v) is 4.46. The Morgan fingerprint density at radius 2 is 0.938 bits per heavy atom. The highest BCUT2D eigenvalue weighted by Gasteiger charge is 2.20. The second-order valence-electron chi connectivity index (χ2n) is 7.82. The maximum atomic E-state index is 9.65. The van der Waals surface area contributed by atoms with Crippen molar-refractivity contribution in [2.45, 2.75) is 0 Å². The lowest BCUT2D eigenvalue weighted by Crippen LogP contribution is -2.29. The van der Waals surface area contributed by atoms with E-state index in [4.69, 9.17) is 8.83 Å². The van der Waals surface area contributed by atoms with E-state index in [9.17, 15) is 20.1 Å². The molecule has 154 valence electrons. The fraction of sp³-hybridized carbons (Fsp3) is 0. The molecule has 0 aliphatic rings. The molecule has 6 aromatic rings. The van der Waals surface area contributed by atoms with Crippen LogP contribution in [0.1, 0.15) is 0 Å². The highest BCUT2D eigenvalue weighted by Crippen LogP contribution is 2.41. The van der Waals surface area contributed by atoms with Gasteiger partial charge in [0.2, 0.25) is 0 Å². The zero-order chi connectivity index (χ0) is 22.0. The first kappa shape index (κ1) is 19.2. The van der Waals surface area contributed by atoms with Crippen molar-refractivity contribution in [3.8, 4) is 11.1 Å². The molecular formula is C24H16B2O6. The van der Waals surface area contributed by atoms with Gasteiger partial charge in [-0.05, 0) is 46.3 Å². The van der Waals surface area contributed by atoms with Crippen molar-refractivity contribution in [3.63, 3.8) is 0 Å². The third kappa shape index (κ3) is 2.78. The number of fused-ring (bicyclic) bond motifs is 6. The first-order valence-corrected chi connectivity index (χ1v) is 10.1. The van der Waals surface area contributed by atoms with E-state index in [1.807, 2.05) is 36.4 Å². The van der Waals surface area contributed by atoms with E-state index in [0.29, 0.717) is 33.3 Å². The van der Waals surface area contributed by atoms with Gasteiger partial charge < -0.3 is 28.9 Å². The van der Waals surface area contributed by atoms with E-state index in [1.54, 1.807) is 36.4 Å². The number of rotatable bonds is 3. The number of hydrogen-bond acceptors (Lipinski definition) is 6. The molecule has 0 spiro atoms. The summed E-state index contributed by atoms with van der Waals surface area (Å²) in [4.78, 5) is 0. The molecule has 6 nitrogen and oxygen atoms in total. The molecule has 0 saturated heterocycles. The molecule has 0 bridgehead atoms. The molecule has 0 amide bonds. The number of benzene rings is 4. The number of furan rings is 2. The topological polar surface area (TPSA) is 107 Å². The van der Waals surface area contributed by atoms with Crippen LogP contribution in [0.5, 0.6) is 0 Å². The van der Waals surface area contributed by atoms with Gasteiger partial charge in [-0.25, -0.2) is 0 Å². The summed E-state index contributed by atoms with van der Waals surface area (Å²) in [5.74, 6) is 0. The molecule has 0 atom stereocenters. The van der Waals surface area contributed by atoms with Gasteiger partial charge in [0.1, 0.15) is 22.3 Å². The minimum atomic E-state index is -1.58. The quantitative estimate of drug-likeness (QED) is 0.327. The van der Waals surface area contributed by atoms with Crippen LogP contribution in [0.3, 0.4) is 0 Å². The van der Waals surface area contributed by atoms with Gasteiger partial charge >= 0.3 is 14.2 Å². The summed E-state index contributed by atoms with van der Waals surface area (Å²) >= 11 is 0. The lowest BCUT2D eigenvalue weighted by molar-refractivity contribution is 0.424. The normalized spacial score (nSPS) is 11.8. The van der Waals surface area contributed by atoms with Crippen LogP contribution in [0.2, 0.25) is 0 Å². The molecule has 0 radical (unpaired) electrons. The summed E-state index contributed by atoms with van der Waals surface area (Å²) in [6, 6.07) is 21.7. The van der Waals surface area contributed by atoms with Crippen molar-refractivity contribution in [1.29, 1.82) is 0 Å². The Balaban J connectivity index is 1.73. The van der Waals surface area contributed by atoms with Crippen molar-refractivity contribution in [1.82, 2.24) is 0 Å². The van der Waals surface area contributed by atoms with E-state index in [0.717, 1.165) is 32.7 Å². The maximum Gasteiger partial charge on any atom is 0.488 e. The molecule has 2 heterocycles. The van der Waals surface area contributed by atoms with Gasteiger partial charge in [0.25, 0.3) is 0 Å². The maximum absolute atomic E-state index is 9.65. The van der Waals surface area contributed by atoms with Crippen LogP contribution >= 0.6 is 0 Å². The monoisotopic (exact) mass is 422 g/mol. The molecule has 8 heteroatoms. The van der Waals surface area contributed by atoms with Crippen molar-refractivity contribution in [2.24, 2.45) is 0 Å². The summed E-state index contributed by atoms with van der Waals surface area (Å²) in [7, 11) is -3.16. The Morgan fingerprint density at radius 1 is 0.500 bits per heavy atom. The van der Waals surface area contributed by atoms with Crippen LogP contribution in [0.25, 0.3) is 55.0 Å². The van der Waals surface area contributed by atoms with Crippen LogP contribution in [-0.4, -0.2) is 34.3 Å². The van der Waals surface area contributed by atoms with Crippen molar-refractivity contribution < 1.29 is 28.9 Å². The molecule has 32 heavy (non-hydrogen) atoms. The lowest BCUT2D eigenvalue weighted by Gasteiger charge is -2.07. The van der Waals surface area contributed by atoms with Gasteiger partial charge in [-0.1, -0.05) is 48.5 Å². The predicted molar refractivity (Wildman–Crippen MR) is 126 cm³/mol. The summed E-state index contributed by atoms with van der Waals surface area (Å²) in [6.45, 7) is 0. The summed E-state index contributed by atoms with van der Waals surface area (Å²) < 4.78 is 12.1. The molecule has 2 aromatic heterocycles. The standard InChI is InChI=1S/C24H16B2O6/c27-25(28)13-7-9-19-17(11-13)23-15(3-1-5-21(23)31-19)16-4-2-6-22-24(16)18-12-14(26(29)30)8-10-20(18)32-22/h1-12,27-30H. The molecule has 6 rings (SSSR count). The Kier molecular flexibility index (Phi) is 4.18. The Bertz CT molecular complexity index is 1520. The first-order chi connectivity index (χ1) is 15.5. The average Bonchev–Trinajstić information content (AvgIpc) is 3.35. The minimum Gasteiger partial charge on any atom is -0.456 e. The average molecular weight is 422 g/mol. The van der Waals surface area contributed by atoms with Crippen LogP contribution in [0.15, 0.2) is 81.6 Å². The largest absolute Gasteiger partial charge is 0.488 e. The highest BCUT2D eigenvalue weighted by atomic mass is 16.4. The molecule has 4 N–H and O–H groups in total. The Labute approximate surface area is 182 Å². The highest BCUT2D eigenvalue weighted by molar-refractivity contribution is 6.59. The second-order valence-corrected chi connectivity index (χ2v) is 7.82. The van der Waals surface area contributed by atoms with Crippen LogP contribution in [0, 0.1) is 0 Å². The van der Waals surface area contributed by atoms with Gasteiger partial charge in [-0.2, -0.15) is 0 Å². The summed E-state index contributed by atoms with van der Waals surface area (Å²) in [6.07, 6.45) is 0. The van der Waals surface area contributed by atoms with Crippen molar-refractivity contribution >= 4 is 69.0 Å². The van der Waals surface area contributed by atoms with Crippen LogP contribution in [0.4, 0.5) is 0 Å². The molecule has 0 saturated carbocycles. The van der Waals surface area contributed by atoms with E-state index in [1.165, 1.54) is 0 Å². The van der Waals surface area contributed by atoms with Gasteiger partial charge in [-0.15, -0.1) is 0 Å². The zero-order valence-electron chi connectivity index (χ0n) is 16.7. The van der Waals surface area contributed by atoms with Gasteiger partial charge in [-0.3, -0.25) is 0 Å². The summed E-state index contributed by atoms with van der Waals surface area (Å²) in [5, 5.41) is 41.9. The molecule has 0 fully saturated rings. The van der Waals surface area contributed by atoms with Crippen molar-refractivity contribution in [3.05, 3.63) is 72.8 Å². The smallest absolute Gasteiger partial charge is 0.456 e. The molecule has 0 unspecified atom stereocenters. The minimum absolute atomic E-state index is 0.378. The summed E-state index contributed by atoms with van der Waals surface area (Å²) in [5.41, 5.74) is 5.20. The van der Waals surface area contributed by atoms with E-state index >= 15 is 0 Å². The fourth-order valence-electron chi connectivity index (χ4n) is 4.46. The van der Waals surface area contributed by atoms with Gasteiger partial charge in [0, 0.05) is 21.5 Å². The molecule has 0 aliphatic carbocycles. The van der Waals surface area contributed by atoms with Crippen LogP contribution in [-0.2, 0) is 0 Å². The molecule has 0 aliphatic heterocycles. The number of hydrogen-bond donors (Lipinski definition) is 4. The van der Waals surface area contributed by atoms with E-state index in [-0.39, 0.29) is 0 Å². The van der Waals surface area contributed by atoms with E-state index < -0.39 is 14.2 Å². The molecule has 4 aromatic carbocycles. The second kappa shape index (κ2) is 6.98. The van der Waals surface area contributed by atoms with E-state index in [2.05, 4.69) is 0 Å².